The van der Waals surface area contributed by atoms with Crippen molar-refractivity contribution >= 4 is 11.6 Å². The van der Waals surface area contributed by atoms with Crippen LogP contribution in [0.25, 0.3) is 0 Å². The molecule has 0 unspecified atom stereocenters. The van der Waals surface area contributed by atoms with E-state index < -0.39 is 5.60 Å². The minimum absolute atomic E-state index is 0.553. The van der Waals surface area contributed by atoms with Crippen molar-refractivity contribution in [3.05, 3.63) is 70.7 Å². The molecule has 2 aromatic rings. The molecule has 2 heteroatoms. The molecule has 0 fully saturated rings. The summed E-state index contributed by atoms with van der Waals surface area (Å²) in [5.41, 5.74) is 1.08. The van der Waals surface area contributed by atoms with E-state index in [4.69, 9.17) is 11.6 Å². The lowest BCUT2D eigenvalue weighted by Crippen LogP contribution is -2.24. The Bertz CT molecular complexity index is 491. The maximum absolute atomic E-state index is 10.5. The van der Waals surface area contributed by atoms with Gasteiger partial charge >= 0.3 is 0 Å². The number of rotatable bonds is 3. The topological polar surface area (TPSA) is 20.2 Å². The van der Waals surface area contributed by atoms with Crippen LogP contribution in [-0.2, 0) is 12.0 Å². The minimum Gasteiger partial charge on any atom is -0.385 e. The normalized spacial score (nSPS) is 14.3. The van der Waals surface area contributed by atoms with Gasteiger partial charge in [0.1, 0.15) is 0 Å². The maximum atomic E-state index is 10.5. The highest BCUT2D eigenvalue weighted by molar-refractivity contribution is 6.30. The fourth-order valence-corrected chi connectivity index (χ4v) is 2.16. The highest BCUT2D eigenvalue weighted by atomic mass is 35.5. The molecule has 0 aliphatic heterocycles. The van der Waals surface area contributed by atoms with Crippen LogP contribution >= 0.6 is 11.6 Å². The SMILES string of the molecule is C[C@@](O)(Cc1cccc(Cl)c1)c1ccccc1. The van der Waals surface area contributed by atoms with Gasteiger partial charge in [-0.15, -0.1) is 0 Å². The van der Waals surface area contributed by atoms with Crippen molar-refractivity contribution in [2.45, 2.75) is 18.9 Å². The van der Waals surface area contributed by atoms with Crippen LogP contribution in [0.1, 0.15) is 18.1 Å². The molecule has 0 heterocycles. The molecule has 0 aromatic heterocycles. The molecule has 0 amide bonds. The Balaban J connectivity index is 2.23. The lowest BCUT2D eigenvalue weighted by Gasteiger charge is -2.24. The summed E-state index contributed by atoms with van der Waals surface area (Å²) < 4.78 is 0. The third-order valence-corrected chi connectivity index (χ3v) is 3.07. The summed E-state index contributed by atoms with van der Waals surface area (Å²) >= 11 is 5.94. The maximum Gasteiger partial charge on any atom is 0.0908 e. The summed E-state index contributed by atoms with van der Waals surface area (Å²) in [6.45, 7) is 1.82. The van der Waals surface area contributed by atoms with E-state index >= 15 is 0 Å². The van der Waals surface area contributed by atoms with Crippen LogP contribution < -0.4 is 0 Å². The van der Waals surface area contributed by atoms with Crippen LogP contribution in [0.2, 0.25) is 5.02 Å². The lowest BCUT2D eigenvalue weighted by atomic mass is 9.89. The first-order valence-electron chi connectivity index (χ1n) is 5.60. The number of halogens is 1. The van der Waals surface area contributed by atoms with Gasteiger partial charge in [-0.1, -0.05) is 54.1 Å². The fourth-order valence-electron chi connectivity index (χ4n) is 1.94. The Morgan fingerprint density at radius 3 is 2.41 bits per heavy atom. The van der Waals surface area contributed by atoms with Crippen molar-refractivity contribution < 1.29 is 5.11 Å². The Morgan fingerprint density at radius 1 is 1.06 bits per heavy atom. The molecule has 88 valence electrons. The quantitative estimate of drug-likeness (QED) is 0.874. The Labute approximate surface area is 107 Å². The van der Waals surface area contributed by atoms with E-state index in [1.54, 1.807) is 0 Å². The molecule has 2 aromatic carbocycles. The number of benzene rings is 2. The van der Waals surface area contributed by atoms with Gasteiger partial charge in [0.2, 0.25) is 0 Å². The summed E-state index contributed by atoms with van der Waals surface area (Å²) in [6, 6.07) is 17.3. The van der Waals surface area contributed by atoms with Crippen LogP contribution in [0.3, 0.4) is 0 Å². The summed E-state index contributed by atoms with van der Waals surface area (Å²) in [6.07, 6.45) is 0.553. The predicted molar refractivity (Wildman–Crippen MR) is 71.2 cm³/mol. The molecule has 1 N–H and O–H groups in total. The molecule has 0 bridgehead atoms. The van der Waals surface area contributed by atoms with Crippen LogP contribution in [-0.4, -0.2) is 5.11 Å². The highest BCUT2D eigenvalue weighted by Gasteiger charge is 2.23. The third-order valence-electron chi connectivity index (χ3n) is 2.83. The zero-order valence-corrected chi connectivity index (χ0v) is 10.5. The zero-order chi connectivity index (χ0) is 12.3. The largest absolute Gasteiger partial charge is 0.385 e. The summed E-state index contributed by atoms with van der Waals surface area (Å²) in [5, 5.41) is 11.2. The monoisotopic (exact) mass is 246 g/mol. The van der Waals surface area contributed by atoms with Gasteiger partial charge < -0.3 is 5.11 Å². The average Bonchev–Trinajstić information content (AvgIpc) is 2.29. The van der Waals surface area contributed by atoms with Crippen molar-refractivity contribution in [2.75, 3.05) is 0 Å². The zero-order valence-electron chi connectivity index (χ0n) is 9.73. The van der Waals surface area contributed by atoms with Crippen LogP contribution in [0.5, 0.6) is 0 Å². The van der Waals surface area contributed by atoms with Gasteiger partial charge in [-0.05, 0) is 30.2 Å². The van der Waals surface area contributed by atoms with Gasteiger partial charge in [-0.25, -0.2) is 0 Å². The Morgan fingerprint density at radius 2 is 1.76 bits per heavy atom. The van der Waals surface area contributed by atoms with Crippen LogP contribution in [0.4, 0.5) is 0 Å². The molecular weight excluding hydrogens is 232 g/mol. The average molecular weight is 247 g/mol. The van der Waals surface area contributed by atoms with E-state index in [2.05, 4.69) is 0 Å². The van der Waals surface area contributed by atoms with Gasteiger partial charge in [0, 0.05) is 11.4 Å². The molecule has 0 spiro atoms. The van der Waals surface area contributed by atoms with Crippen LogP contribution in [0.15, 0.2) is 54.6 Å². The molecule has 0 aliphatic carbocycles. The van der Waals surface area contributed by atoms with Crippen molar-refractivity contribution in [1.82, 2.24) is 0 Å². The van der Waals surface area contributed by atoms with Crippen molar-refractivity contribution in [3.63, 3.8) is 0 Å². The minimum atomic E-state index is -0.869. The fraction of sp³-hybridized carbons (Fsp3) is 0.200. The van der Waals surface area contributed by atoms with Crippen molar-refractivity contribution in [2.24, 2.45) is 0 Å². The van der Waals surface area contributed by atoms with E-state index in [0.29, 0.717) is 11.4 Å². The number of hydrogen-bond acceptors (Lipinski definition) is 1. The molecule has 0 aliphatic rings. The van der Waals surface area contributed by atoms with Gasteiger partial charge in [-0.2, -0.15) is 0 Å². The first-order valence-corrected chi connectivity index (χ1v) is 5.98. The molecule has 17 heavy (non-hydrogen) atoms. The second-order valence-corrected chi connectivity index (χ2v) is 4.88. The highest BCUT2D eigenvalue weighted by Crippen LogP contribution is 2.25. The van der Waals surface area contributed by atoms with E-state index in [1.807, 2.05) is 61.5 Å². The molecule has 0 saturated carbocycles. The Kier molecular flexibility index (Phi) is 3.51. The first-order chi connectivity index (χ1) is 8.08. The predicted octanol–water partition coefficient (Wildman–Crippen LogP) is 3.79. The van der Waals surface area contributed by atoms with Gasteiger partial charge in [0.05, 0.1) is 5.60 Å². The van der Waals surface area contributed by atoms with E-state index in [-0.39, 0.29) is 0 Å². The molecular formula is C15H15ClO. The number of hydrogen-bond donors (Lipinski definition) is 1. The second kappa shape index (κ2) is 4.91. The lowest BCUT2D eigenvalue weighted by molar-refractivity contribution is 0.0576. The van der Waals surface area contributed by atoms with E-state index in [1.165, 1.54) is 0 Å². The molecule has 1 atom stereocenters. The second-order valence-electron chi connectivity index (χ2n) is 4.45. The summed E-state index contributed by atoms with van der Waals surface area (Å²) in [7, 11) is 0. The first kappa shape index (κ1) is 12.2. The summed E-state index contributed by atoms with van der Waals surface area (Å²) in [4.78, 5) is 0. The molecule has 1 nitrogen and oxygen atoms in total. The third kappa shape index (κ3) is 3.09. The molecule has 0 radical (unpaired) electrons. The van der Waals surface area contributed by atoms with Gasteiger partial charge in [0.25, 0.3) is 0 Å². The smallest absolute Gasteiger partial charge is 0.0908 e. The Hall–Kier alpha value is -1.31. The van der Waals surface area contributed by atoms with Crippen molar-refractivity contribution in [3.8, 4) is 0 Å². The van der Waals surface area contributed by atoms with Crippen molar-refractivity contribution in [1.29, 1.82) is 0 Å². The molecule has 2 rings (SSSR count). The van der Waals surface area contributed by atoms with Gasteiger partial charge in [-0.3, -0.25) is 0 Å². The van der Waals surface area contributed by atoms with E-state index in [9.17, 15) is 5.11 Å². The number of aliphatic hydroxyl groups is 1. The van der Waals surface area contributed by atoms with E-state index in [0.717, 1.165) is 11.1 Å². The van der Waals surface area contributed by atoms with Gasteiger partial charge in [0.15, 0.2) is 0 Å². The summed E-state index contributed by atoms with van der Waals surface area (Å²) in [5.74, 6) is 0. The molecule has 0 saturated heterocycles. The standard InChI is InChI=1S/C15H15ClO/c1-15(17,13-7-3-2-4-8-13)11-12-6-5-9-14(16)10-12/h2-10,17H,11H2,1H3/t15-/m1/s1. The van der Waals surface area contributed by atoms with Crippen LogP contribution in [0, 0.1) is 0 Å².